The van der Waals surface area contributed by atoms with E-state index in [0.29, 0.717) is 18.3 Å². The summed E-state index contributed by atoms with van der Waals surface area (Å²) in [6.07, 6.45) is 1.98. The van der Waals surface area contributed by atoms with Gasteiger partial charge in [0.15, 0.2) is 0 Å². The van der Waals surface area contributed by atoms with Crippen LogP contribution in [0.3, 0.4) is 0 Å². The molecule has 7 heteroatoms. The molecule has 0 radical (unpaired) electrons. The number of carbonyl (C=O) groups is 1. The average molecular weight is 421 g/mol. The second-order valence-electron chi connectivity index (χ2n) is 6.60. The number of likely N-dealkylation sites (tertiary alicyclic amines) is 1. The highest BCUT2D eigenvalue weighted by Crippen LogP contribution is 2.22. The van der Waals surface area contributed by atoms with Crippen molar-refractivity contribution in [3.05, 3.63) is 34.6 Å². The van der Waals surface area contributed by atoms with Crippen molar-refractivity contribution in [2.24, 2.45) is 5.92 Å². The number of piperidine rings is 1. The Labute approximate surface area is 162 Å². The number of hydrogen-bond donors (Lipinski definition) is 0. The summed E-state index contributed by atoms with van der Waals surface area (Å²) in [6.45, 7) is 7.90. The van der Waals surface area contributed by atoms with Crippen molar-refractivity contribution < 1.29 is 9.32 Å². The molecule has 0 aliphatic carbocycles. The minimum atomic E-state index is 0.0671. The van der Waals surface area contributed by atoms with Gasteiger partial charge in [-0.1, -0.05) is 21.1 Å². The monoisotopic (exact) mass is 420 g/mol. The molecule has 2 heterocycles. The smallest absolute Gasteiger partial charge is 0.241 e. The van der Waals surface area contributed by atoms with Gasteiger partial charge in [0.05, 0.1) is 12.5 Å². The van der Waals surface area contributed by atoms with E-state index < -0.39 is 0 Å². The summed E-state index contributed by atoms with van der Waals surface area (Å²) < 4.78 is 6.44. The molecule has 26 heavy (non-hydrogen) atoms. The number of nitrogens with zero attached hydrogens (tertiary/aromatic N) is 4. The average Bonchev–Trinajstić information content (AvgIpc) is 3.12. The summed E-state index contributed by atoms with van der Waals surface area (Å²) in [4.78, 5) is 21.3. The van der Waals surface area contributed by atoms with Crippen molar-refractivity contribution in [2.75, 3.05) is 26.2 Å². The van der Waals surface area contributed by atoms with Gasteiger partial charge in [-0.2, -0.15) is 4.98 Å². The third-order valence-corrected chi connectivity index (χ3v) is 5.39. The number of halogens is 1. The molecule has 1 unspecified atom stereocenters. The molecule has 0 N–H and O–H groups in total. The van der Waals surface area contributed by atoms with Crippen molar-refractivity contribution >= 4 is 21.8 Å². The first-order valence-electron chi connectivity index (χ1n) is 9.20. The highest BCUT2D eigenvalue weighted by Gasteiger charge is 2.29. The fraction of sp³-hybridized carbons (Fsp3) is 0.526. The number of carbonyl (C=O) groups excluding carboxylic acids is 1. The number of benzene rings is 1. The third kappa shape index (κ3) is 4.51. The fourth-order valence-electron chi connectivity index (χ4n) is 3.42. The van der Waals surface area contributed by atoms with Crippen LogP contribution in [0.2, 0.25) is 0 Å². The van der Waals surface area contributed by atoms with Crippen LogP contribution in [0.25, 0.3) is 11.4 Å². The summed E-state index contributed by atoms with van der Waals surface area (Å²) in [6, 6.07) is 7.83. The van der Waals surface area contributed by atoms with Gasteiger partial charge in [0.25, 0.3) is 0 Å². The van der Waals surface area contributed by atoms with Crippen molar-refractivity contribution in [1.82, 2.24) is 19.9 Å². The van der Waals surface area contributed by atoms with E-state index in [0.717, 1.165) is 49.1 Å². The minimum absolute atomic E-state index is 0.0671. The molecule has 0 saturated carbocycles. The molecular formula is C19H25BrN4O2. The molecular weight excluding hydrogens is 396 g/mol. The van der Waals surface area contributed by atoms with E-state index in [4.69, 9.17) is 4.52 Å². The first kappa shape index (κ1) is 19.0. The van der Waals surface area contributed by atoms with E-state index in [2.05, 4.69) is 31.0 Å². The summed E-state index contributed by atoms with van der Waals surface area (Å²) >= 11 is 3.42. The molecule has 0 spiro atoms. The Balaban J connectivity index is 1.62. The molecule has 1 saturated heterocycles. The molecule has 1 fully saturated rings. The van der Waals surface area contributed by atoms with E-state index >= 15 is 0 Å². The number of rotatable bonds is 6. The first-order valence-corrected chi connectivity index (χ1v) is 9.99. The van der Waals surface area contributed by atoms with Crippen LogP contribution in [0.5, 0.6) is 0 Å². The predicted molar refractivity (Wildman–Crippen MR) is 103 cm³/mol. The third-order valence-electron chi connectivity index (χ3n) is 4.86. The second kappa shape index (κ2) is 8.77. The van der Waals surface area contributed by atoms with Crippen molar-refractivity contribution in [2.45, 2.75) is 33.2 Å². The van der Waals surface area contributed by atoms with Gasteiger partial charge in [0.1, 0.15) is 0 Å². The molecule has 2 aromatic rings. The lowest BCUT2D eigenvalue weighted by Crippen LogP contribution is -2.44. The van der Waals surface area contributed by atoms with E-state index in [1.807, 2.05) is 43.0 Å². The lowest BCUT2D eigenvalue weighted by Gasteiger charge is -2.33. The van der Waals surface area contributed by atoms with Gasteiger partial charge in [-0.3, -0.25) is 9.69 Å². The maximum Gasteiger partial charge on any atom is 0.241 e. The zero-order valence-corrected chi connectivity index (χ0v) is 16.9. The Morgan fingerprint density at radius 2 is 2.04 bits per heavy atom. The molecule has 1 aliphatic heterocycles. The minimum Gasteiger partial charge on any atom is -0.343 e. The van der Waals surface area contributed by atoms with Gasteiger partial charge in [-0.05, 0) is 57.5 Å². The highest BCUT2D eigenvalue weighted by atomic mass is 79.9. The zero-order valence-electron chi connectivity index (χ0n) is 15.3. The van der Waals surface area contributed by atoms with Crippen LogP contribution in [0.15, 0.2) is 33.3 Å². The first-order chi connectivity index (χ1) is 12.6. The van der Waals surface area contributed by atoms with E-state index in [9.17, 15) is 4.79 Å². The number of hydrogen-bond acceptors (Lipinski definition) is 5. The van der Waals surface area contributed by atoms with Crippen LogP contribution < -0.4 is 0 Å². The molecule has 1 aliphatic rings. The topological polar surface area (TPSA) is 62.5 Å². The molecule has 1 aromatic carbocycles. The Bertz CT molecular complexity index is 727. The van der Waals surface area contributed by atoms with Gasteiger partial charge < -0.3 is 9.42 Å². The number of amides is 1. The van der Waals surface area contributed by atoms with Crippen LogP contribution >= 0.6 is 15.9 Å². The Kier molecular flexibility index (Phi) is 6.43. The Morgan fingerprint density at radius 3 is 2.73 bits per heavy atom. The molecule has 1 atom stereocenters. The van der Waals surface area contributed by atoms with Gasteiger partial charge in [0, 0.05) is 29.7 Å². The highest BCUT2D eigenvalue weighted by molar-refractivity contribution is 9.10. The van der Waals surface area contributed by atoms with Crippen molar-refractivity contribution in [1.29, 1.82) is 0 Å². The van der Waals surface area contributed by atoms with Crippen LogP contribution in [0, 0.1) is 5.92 Å². The maximum atomic E-state index is 12.6. The van der Waals surface area contributed by atoms with Gasteiger partial charge in [-0.15, -0.1) is 0 Å². The lowest BCUT2D eigenvalue weighted by atomic mass is 9.96. The van der Waals surface area contributed by atoms with Gasteiger partial charge in [0.2, 0.25) is 17.6 Å². The van der Waals surface area contributed by atoms with Gasteiger partial charge >= 0.3 is 0 Å². The summed E-state index contributed by atoms with van der Waals surface area (Å²) in [7, 11) is 0. The van der Waals surface area contributed by atoms with Crippen LogP contribution in [0.1, 0.15) is 32.6 Å². The lowest BCUT2D eigenvalue weighted by molar-refractivity contribution is -0.137. The van der Waals surface area contributed by atoms with E-state index in [1.54, 1.807) is 0 Å². The van der Waals surface area contributed by atoms with E-state index in [-0.39, 0.29) is 11.8 Å². The normalized spacial score (nSPS) is 18.0. The molecule has 0 bridgehead atoms. The van der Waals surface area contributed by atoms with E-state index in [1.165, 1.54) is 0 Å². The molecule has 3 rings (SSSR count). The zero-order chi connectivity index (χ0) is 18.5. The standard InChI is InChI=1S/C19H25BrN4O2/c1-3-24(4-2)19(25)15-6-5-11-23(12-15)13-17-21-18(22-26-17)14-7-9-16(20)10-8-14/h7-10,15H,3-6,11-13H2,1-2H3. The fourth-order valence-corrected chi connectivity index (χ4v) is 3.69. The predicted octanol–water partition coefficient (Wildman–Crippen LogP) is 3.58. The summed E-state index contributed by atoms with van der Waals surface area (Å²) in [5.74, 6) is 1.53. The summed E-state index contributed by atoms with van der Waals surface area (Å²) in [5, 5.41) is 4.09. The molecule has 1 amide bonds. The summed E-state index contributed by atoms with van der Waals surface area (Å²) in [5.41, 5.74) is 0.927. The SMILES string of the molecule is CCN(CC)C(=O)C1CCCN(Cc2nc(-c3ccc(Br)cc3)no2)C1. The molecule has 140 valence electrons. The molecule has 1 aromatic heterocycles. The maximum absolute atomic E-state index is 12.6. The quantitative estimate of drug-likeness (QED) is 0.714. The van der Waals surface area contributed by atoms with Crippen LogP contribution in [0.4, 0.5) is 0 Å². The van der Waals surface area contributed by atoms with Crippen molar-refractivity contribution in [3.8, 4) is 11.4 Å². The Hall–Kier alpha value is -1.73. The van der Waals surface area contributed by atoms with Crippen LogP contribution in [-0.4, -0.2) is 52.0 Å². The second-order valence-corrected chi connectivity index (χ2v) is 7.52. The Morgan fingerprint density at radius 1 is 1.31 bits per heavy atom. The molecule has 6 nitrogen and oxygen atoms in total. The van der Waals surface area contributed by atoms with Crippen molar-refractivity contribution in [3.63, 3.8) is 0 Å². The van der Waals surface area contributed by atoms with Gasteiger partial charge in [-0.25, -0.2) is 0 Å². The number of aromatic nitrogens is 2. The van der Waals surface area contributed by atoms with Crippen LogP contribution in [-0.2, 0) is 11.3 Å². The largest absolute Gasteiger partial charge is 0.343 e.